The molecule has 0 saturated carbocycles. The molecule has 258 valence electrons. The van der Waals surface area contributed by atoms with Gasteiger partial charge in [0.1, 0.15) is 37.1 Å². The molecule has 0 aromatic heterocycles. The summed E-state index contributed by atoms with van der Waals surface area (Å²) in [5.41, 5.74) is 1.85. The van der Waals surface area contributed by atoms with Crippen molar-refractivity contribution in [2.45, 2.75) is 134 Å². The van der Waals surface area contributed by atoms with E-state index in [2.05, 4.69) is 12.2 Å². The second-order valence-corrected chi connectivity index (χ2v) is 12.7. The first-order chi connectivity index (χ1) is 23.0. The quantitative estimate of drug-likeness (QED) is 0.106. The van der Waals surface area contributed by atoms with E-state index in [1.54, 1.807) is 0 Å². The molecule has 2 aromatic rings. The van der Waals surface area contributed by atoms with Crippen LogP contribution in [0.25, 0.3) is 0 Å². The Labute approximate surface area is 278 Å². The van der Waals surface area contributed by atoms with Gasteiger partial charge in [-0.3, -0.25) is 4.79 Å². The zero-order valence-corrected chi connectivity index (χ0v) is 27.8. The normalized spacial score (nSPS) is 28.2. The third-order valence-electron chi connectivity index (χ3n) is 8.87. The Kier molecular flexibility index (Phi) is 13.9. The highest BCUT2D eigenvalue weighted by molar-refractivity contribution is 5.73. The van der Waals surface area contributed by atoms with Crippen molar-refractivity contribution in [3.63, 3.8) is 0 Å². The number of fused-ring (bicyclic) bond motifs is 1. The summed E-state index contributed by atoms with van der Waals surface area (Å²) in [6.45, 7) is 4.32. The number of amides is 1. The van der Waals surface area contributed by atoms with Gasteiger partial charge in [0.25, 0.3) is 0 Å². The lowest BCUT2D eigenvalue weighted by Gasteiger charge is -2.48. The first kappa shape index (κ1) is 35.3. The van der Waals surface area contributed by atoms with E-state index in [0.29, 0.717) is 6.61 Å². The first-order valence-electron chi connectivity index (χ1n) is 17.4. The molecule has 10 nitrogen and oxygen atoms in total. The van der Waals surface area contributed by atoms with Crippen LogP contribution in [-0.2, 0) is 44.6 Å². The molecular formula is C37H51NO9. The second-order valence-electron chi connectivity index (χ2n) is 12.7. The summed E-state index contributed by atoms with van der Waals surface area (Å²) >= 11 is 0. The summed E-state index contributed by atoms with van der Waals surface area (Å²) in [6, 6.07) is 18.4. The maximum Gasteiger partial charge on any atom is 0.509 e. The third kappa shape index (κ3) is 10.7. The highest BCUT2D eigenvalue weighted by atomic mass is 16.8. The number of unbranched alkanes of at least 4 members (excludes halogenated alkanes) is 9. The number of hydrogen-bond acceptors (Lipinski definition) is 9. The molecular weight excluding hydrogens is 602 g/mol. The summed E-state index contributed by atoms with van der Waals surface area (Å²) in [7, 11) is 0. The predicted octanol–water partition coefficient (Wildman–Crippen LogP) is 6.76. The van der Waals surface area contributed by atoms with Gasteiger partial charge in [-0.15, -0.1) is 0 Å². The van der Waals surface area contributed by atoms with Gasteiger partial charge in [0.2, 0.25) is 5.91 Å². The Morgan fingerprint density at radius 2 is 1.47 bits per heavy atom. The van der Waals surface area contributed by atoms with Crippen LogP contribution in [0.4, 0.5) is 4.79 Å². The van der Waals surface area contributed by atoms with Gasteiger partial charge >= 0.3 is 6.16 Å². The van der Waals surface area contributed by atoms with Crippen molar-refractivity contribution < 1.29 is 42.7 Å². The van der Waals surface area contributed by atoms with Crippen LogP contribution in [0.1, 0.15) is 95.3 Å². The van der Waals surface area contributed by atoms with E-state index in [1.165, 1.54) is 51.9 Å². The molecule has 3 saturated heterocycles. The van der Waals surface area contributed by atoms with Crippen LogP contribution in [0.15, 0.2) is 60.7 Å². The average molecular weight is 654 g/mol. The second kappa shape index (κ2) is 18.5. The molecule has 3 heterocycles. The molecule has 1 N–H and O–H groups in total. The van der Waals surface area contributed by atoms with E-state index in [1.807, 2.05) is 60.7 Å². The third-order valence-corrected chi connectivity index (χ3v) is 8.87. The molecule has 0 aliphatic carbocycles. The average Bonchev–Trinajstić information content (AvgIpc) is 3.89. The fourth-order valence-corrected chi connectivity index (χ4v) is 6.32. The summed E-state index contributed by atoms with van der Waals surface area (Å²) in [6.07, 6.45) is 6.82. The van der Waals surface area contributed by atoms with E-state index in [9.17, 15) is 9.59 Å². The van der Waals surface area contributed by atoms with E-state index in [4.69, 9.17) is 33.2 Å². The topological polar surface area (TPSA) is 114 Å². The molecule has 3 aliphatic rings. The number of carbonyl (C=O) groups excluding carboxylic acids is 2. The Balaban J connectivity index is 1.20. The van der Waals surface area contributed by atoms with Gasteiger partial charge in [0.05, 0.1) is 6.61 Å². The predicted molar refractivity (Wildman–Crippen MR) is 174 cm³/mol. The molecule has 0 spiro atoms. The lowest BCUT2D eigenvalue weighted by molar-refractivity contribution is -0.343. The summed E-state index contributed by atoms with van der Waals surface area (Å²) in [5, 5.41) is 2.90. The highest BCUT2D eigenvalue weighted by Crippen LogP contribution is 2.44. The van der Waals surface area contributed by atoms with Crippen LogP contribution in [0.3, 0.4) is 0 Å². The molecule has 2 aromatic carbocycles. The van der Waals surface area contributed by atoms with Gasteiger partial charge in [-0.1, -0.05) is 125 Å². The molecule has 5 rings (SSSR count). The lowest BCUT2D eigenvalue weighted by atomic mass is 9.95. The van der Waals surface area contributed by atoms with Crippen LogP contribution < -0.4 is 5.32 Å². The molecule has 3 fully saturated rings. The van der Waals surface area contributed by atoms with Crippen LogP contribution in [0.5, 0.6) is 0 Å². The molecule has 0 unspecified atom stereocenters. The van der Waals surface area contributed by atoms with Gasteiger partial charge in [-0.05, 0) is 17.5 Å². The molecule has 3 aliphatic heterocycles. The molecule has 47 heavy (non-hydrogen) atoms. The van der Waals surface area contributed by atoms with Crippen molar-refractivity contribution in [2.75, 3.05) is 13.2 Å². The number of carbonyl (C=O) groups is 2. The van der Waals surface area contributed by atoms with E-state index < -0.39 is 43.1 Å². The minimum atomic E-state index is -0.959. The summed E-state index contributed by atoms with van der Waals surface area (Å²) < 4.78 is 42.4. The summed E-state index contributed by atoms with van der Waals surface area (Å²) in [5.74, 6) is -0.311. The molecule has 0 bridgehead atoms. The Bertz CT molecular complexity index is 1210. The Morgan fingerprint density at radius 3 is 2.15 bits per heavy atom. The van der Waals surface area contributed by atoms with E-state index >= 15 is 0 Å². The van der Waals surface area contributed by atoms with E-state index in [-0.39, 0.29) is 31.3 Å². The smallest absolute Gasteiger partial charge is 0.429 e. The zero-order valence-electron chi connectivity index (χ0n) is 27.8. The number of epoxide rings is 1. The van der Waals surface area contributed by atoms with Gasteiger partial charge in [-0.25, -0.2) is 4.79 Å². The van der Waals surface area contributed by atoms with Gasteiger partial charge in [-0.2, -0.15) is 0 Å². The number of ether oxygens (including phenoxy) is 7. The van der Waals surface area contributed by atoms with Crippen LogP contribution in [-0.4, -0.2) is 68.3 Å². The SMILES string of the molecule is CCCCCCCCCCCCO[C@@H]1O[C@@H]2CO[C@@H]([C@H]3O[C@@H]3c3ccccc3)O[C@H]2[C@H](OC(=O)OCc2ccccc2)[C@H]1NC(C)=O. The van der Waals surface area contributed by atoms with Crippen molar-refractivity contribution >= 4 is 12.1 Å². The molecule has 8 atom stereocenters. The minimum Gasteiger partial charge on any atom is -0.429 e. The summed E-state index contributed by atoms with van der Waals surface area (Å²) in [4.78, 5) is 25.5. The van der Waals surface area contributed by atoms with E-state index in [0.717, 1.165) is 30.4 Å². The van der Waals surface area contributed by atoms with Crippen LogP contribution >= 0.6 is 0 Å². The maximum atomic E-state index is 13.1. The van der Waals surface area contributed by atoms with Gasteiger partial charge in [0, 0.05) is 13.5 Å². The van der Waals surface area contributed by atoms with Crippen molar-refractivity contribution in [1.82, 2.24) is 5.32 Å². The molecule has 10 heteroatoms. The first-order valence-corrected chi connectivity index (χ1v) is 17.4. The fraction of sp³-hybridized carbons (Fsp3) is 0.622. The van der Waals surface area contributed by atoms with Gasteiger partial charge < -0.3 is 38.5 Å². The largest absolute Gasteiger partial charge is 0.509 e. The standard InChI is InChI=1S/C37H51NO9/c1-3-4-5-6-7-8-9-10-11-18-23-41-35-30(38-26(2)39)33(47-37(40)43-24-27-19-14-12-15-20-27)32-29(44-35)25-42-36(46-32)34-31(45-34)28-21-16-13-17-22-28/h12-17,19-22,29-36H,3-11,18,23-25H2,1-2H3,(H,38,39)/t29-,30-,31-,32-,33-,34+,35-,36-/m1/s1. The lowest BCUT2D eigenvalue weighted by Crippen LogP contribution is -2.68. The maximum absolute atomic E-state index is 13.1. The van der Waals surface area contributed by atoms with Crippen molar-refractivity contribution in [3.05, 3.63) is 71.8 Å². The highest BCUT2D eigenvalue weighted by Gasteiger charge is 2.57. The van der Waals surface area contributed by atoms with Crippen molar-refractivity contribution in [2.24, 2.45) is 0 Å². The van der Waals surface area contributed by atoms with Crippen molar-refractivity contribution in [3.8, 4) is 0 Å². The number of rotatable bonds is 18. The van der Waals surface area contributed by atoms with Gasteiger partial charge in [0.15, 0.2) is 18.7 Å². The minimum absolute atomic E-state index is 0.0434. The molecule has 1 amide bonds. The number of nitrogens with one attached hydrogen (secondary N) is 1. The fourth-order valence-electron chi connectivity index (χ4n) is 6.32. The van der Waals surface area contributed by atoms with Crippen LogP contribution in [0, 0.1) is 0 Å². The zero-order chi connectivity index (χ0) is 32.8. The number of benzene rings is 2. The van der Waals surface area contributed by atoms with Crippen LogP contribution in [0.2, 0.25) is 0 Å². The monoisotopic (exact) mass is 653 g/mol. The Hall–Kier alpha value is -3.02. The molecule has 0 radical (unpaired) electrons. The Morgan fingerprint density at radius 1 is 0.809 bits per heavy atom. The number of hydrogen-bond donors (Lipinski definition) is 1. The van der Waals surface area contributed by atoms with Crippen molar-refractivity contribution in [1.29, 1.82) is 0 Å².